The molecule has 0 unspecified atom stereocenters. The zero-order valence-corrected chi connectivity index (χ0v) is 14.7. The molecule has 1 aliphatic heterocycles. The van der Waals surface area contributed by atoms with Crippen LogP contribution in [0.3, 0.4) is 0 Å². The second-order valence-corrected chi connectivity index (χ2v) is 6.70. The summed E-state index contributed by atoms with van der Waals surface area (Å²) in [4.78, 5) is 14.4. The maximum atomic E-state index is 12.1. The maximum Gasteiger partial charge on any atom is 0.323 e. The SMILES string of the molecule is O=C(Nc1ccc(N2CCCCC2)cc1)Nc1cc(Cl)cc(Cl)c1. The number of urea groups is 1. The third-order valence-corrected chi connectivity index (χ3v) is 4.40. The van der Waals surface area contributed by atoms with Crippen LogP contribution in [0.25, 0.3) is 0 Å². The smallest absolute Gasteiger partial charge is 0.323 e. The standard InChI is InChI=1S/C18H19Cl2N3O/c19-13-10-14(20)12-16(11-13)22-18(24)21-15-4-6-17(7-5-15)23-8-2-1-3-9-23/h4-7,10-12H,1-3,8-9H2,(H2,21,22,24). The van der Waals surface area contributed by atoms with Crippen LogP contribution in [0.4, 0.5) is 21.9 Å². The van der Waals surface area contributed by atoms with Crippen molar-refractivity contribution in [2.45, 2.75) is 19.3 Å². The number of carbonyl (C=O) groups excluding carboxylic acids is 1. The van der Waals surface area contributed by atoms with Gasteiger partial charge in [0.25, 0.3) is 0 Å². The lowest BCUT2D eigenvalue weighted by Crippen LogP contribution is -2.29. The highest BCUT2D eigenvalue weighted by Crippen LogP contribution is 2.24. The normalized spacial score (nSPS) is 14.3. The number of amides is 2. The molecule has 0 aromatic heterocycles. The quantitative estimate of drug-likeness (QED) is 0.742. The Hall–Kier alpha value is -1.91. The van der Waals surface area contributed by atoms with Gasteiger partial charge in [-0.05, 0) is 61.7 Å². The van der Waals surface area contributed by atoms with Crippen LogP contribution in [0.15, 0.2) is 42.5 Å². The Bertz CT molecular complexity index is 692. The molecule has 0 bridgehead atoms. The second kappa shape index (κ2) is 7.77. The highest BCUT2D eigenvalue weighted by Gasteiger charge is 2.11. The van der Waals surface area contributed by atoms with Crippen molar-refractivity contribution in [3.8, 4) is 0 Å². The number of carbonyl (C=O) groups is 1. The van der Waals surface area contributed by atoms with Gasteiger partial charge < -0.3 is 15.5 Å². The van der Waals surface area contributed by atoms with Crippen LogP contribution in [-0.4, -0.2) is 19.1 Å². The molecule has 1 fully saturated rings. The molecular weight excluding hydrogens is 345 g/mol. The van der Waals surface area contributed by atoms with Crippen LogP contribution < -0.4 is 15.5 Å². The van der Waals surface area contributed by atoms with Crippen LogP contribution in [0.2, 0.25) is 10.0 Å². The fourth-order valence-corrected chi connectivity index (χ4v) is 3.35. The molecule has 0 saturated carbocycles. The summed E-state index contributed by atoms with van der Waals surface area (Å²) in [7, 11) is 0. The van der Waals surface area contributed by atoms with Crippen molar-refractivity contribution < 1.29 is 4.79 Å². The number of nitrogens with one attached hydrogen (secondary N) is 2. The average Bonchev–Trinajstić information content (AvgIpc) is 2.55. The molecule has 2 aromatic rings. The number of hydrogen-bond acceptors (Lipinski definition) is 2. The van der Waals surface area contributed by atoms with Crippen LogP contribution in [0.1, 0.15) is 19.3 Å². The minimum atomic E-state index is -0.334. The molecule has 126 valence electrons. The van der Waals surface area contributed by atoms with E-state index in [1.54, 1.807) is 18.2 Å². The summed E-state index contributed by atoms with van der Waals surface area (Å²) >= 11 is 11.8. The molecule has 1 heterocycles. The number of hydrogen-bond donors (Lipinski definition) is 2. The van der Waals surface area contributed by atoms with Crippen molar-refractivity contribution in [2.75, 3.05) is 28.6 Å². The van der Waals surface area contributed by atoms with Crippen LogP contribution in [0, 0.1) is 0 Å². The van der Waals surface area contributed by atoms with Gasteiger partial charge >= 0.3 is 6.03 Å². The number of piperidine rings is 1. The van der Waals surface area contributed by atoms with Gasteiger partial charge in [-0.25, -0.2) is 4.79 Å². The van der Waals surface area contributed by atoms with Crippen LogP contribution in [0.5, 0.6) is 0 Å². The van der Waals surface area contributed by atoms with Crippen molar-refractivity contribution >= 4 is 46.3 Å². The fraction of sp³-hybridized carbons (Fsp3) is 0.278. The summed E-state index contributed by atoms with van der Waals surface area (Å²) in [5, 5.41) is 6.48. The Balaban J connectivity index is 1.59. The highest BCUT2D eigenvalue weighted by molar-refractivity contribution is 6.35. The van der Waals surface area contributed by atoms with Gasteiger partial charge in [-0.15, -0.1) is 0 Å². The maximum absolute atomic E-state index is 12.1. The summed E-state index contributed by atoms with van der Waals surface area (Å²) in [6, 6.07) is 12.5. The first-order valence-corrected chi connectivity index (χ1v) is 8.75. The van der Waals surface area contributed by atoms with E-state index >= 15 is 0 Å². The summed E-state index contributed by atoms with van der Waals surface area (Å²) in [5.74, 6) is 0. The number of rotatable bonds is 3. The molecule has 6 heteroatoms. The molecule has 1 aliphatic rings. The minimum absolute atomic E-state index is 0.334. The van der Waals surface area contributed by atoms with Crippen molar-refractivity contribution in [3.05, 3.63) is 52.5 Å². The van der Waals surface area contributed by atoms with Gasteiger partial charge in [0.1, 0.15) is 0 Å². The highest BCUT2D eigenvalue weighted by atomic mass is 35.5. The molecule has 4 nitrogen and oxygen atoms in total. The molecule has 2 N–H and O–H groups in total. The van der Waals surface area contributed by atoms with Crippen molar-refractivity contribution in [1.82, 2.24) is 0 Å². The van der Waals surface area contributed by atoms with Crippen molar-refractivity contribution in [1.29, 1.82) is 0 Å². The second-order valence-electron chi connectivity index (χ2n) is 5.83. The first kappa shape index (κ1) is 16.9. The lowest BCUT2D eigenvalue weighted by molar-refractivity contribution is 0.262. The van der Waals surface area contributed by atoms with Gasteiger partial charge in [-0.2, -0.15) is 0 Å². The lowest BCUT2D eigenvalue weighted by atomic mass is 10.1. The van der Waals surface area contributed by atoms with E-state index in [1.807, 2.05) is 24.3 Å². The molecule has 2 aromatic carbocycles. The summed E-state index contributed by atoms with van der Waals surface area (Å²) in [5.41, 5.74) is 2.48. The van der Waals surface area contributed by atoms with Gasteiger partial charge in [0.05, 0.1) is 0 Å². The predicted molar refractivity (Wildman–Crippen MR) is 102 cm³/mol. The van der Waals surface area contributed by atoms with E-state index < -0.39 is 0 Å². The predicted octanol–water partition coefficient (Wildman–Crippen LogP) is 5.63. The molecular formula is C18H19Cl2N3O. The molecule has 2 amide bonds. The topological polar surface area (TPSA) is 44.4 Å². The molecule has 0 atom stereocenters. The zero-order chi connectivity index (χ0) is 16.9. The van der Waals surface area contributed by atoms with E-state index in [1.165, 1.54) is 24.9 Å². The van der Waals surface area contributed by atoms with Crippen LogP contribution >= 0.6 is 23.2 Å². The summed E-state index contributed by atoms with van der Waals surface area (Å²) < 4.78 is 0. The van der Waals surface area contributed by atoms with E-state index in [0.717, 1.165) is 18.8 Å². The average molecular weight is 364 g/mol. The van der Waals surface area contributed by atoms with Crippen LogP contribution in [-0.2, 0) is 0 Å². The largest absolute Gasteiger partial charge is 0.372 e. The number of benzene rings is 2. The molecule has 3 rings (SSSR count). The van der Waals surface area contributed by atoms with E-state index in [2.05, 4.69) is 15.5 Å². The molecule has 24 heavy (non-hydrogen) atoms. The Labute approximate surface area is 151 Å². The Morgan fingerprint density at radius 2 is 1.42 bits per heavy atom. The van der Waals surface area contributed by atoms with Crippen molar-refractivity contribution in [3.63, 3.8) is 0 Å². The Kier molecular flexibility index (Phi) is 5.48. The first-order chi connectivity index (χ1) is 11.6. The molecule has 0 spiro atoms. The zero-order valence-electron chi connectivity index (χ0n) is 13.2. The fourth-order valence-electron chi connectivity index (χ4n) is 2.83. The Morgan fingerprint density at radius 3 is 2.04 bits per heavy atom. The number of anilines is 3. The van der Waals surface area contributed by atoms with E-state index in [4.69, 9.17) is 23.2 Å². The molecule has 0 radical (unpaired) electrons. The first-order valence-electron chi connectivity index (χ1n) is 7.99. The third kappa shape index (κ3) is 4.56. The van der Waals surface area contributed by atoms with E-state index in [0.29, 0.717) is 15.7 Å². The van der Waals surface area contributed by atoms with Gasteiger partial charge in [0.15, 0.2) is 0 Å². The molecule has 0 aliphatic carbocycles. The van der Waals surface area contributed by atoms with Gasteiger partial charge in [0.2, 0.25) is 0 Å². The third-order valence-electron chi connectivity index (χ3n) is 3.97. The van der Waals surface area contributed by atoms with E-state index in [-0.39, 0.29) is 6.03 Å². The number of nitrogens with zero attached hydrogens (tertiary/aromatic N) is 1. The minimum Gasteiger partial charge on any atom is -0.372 e. The summed E-state index contributed by atoms with van der Waals surface area (Å²) in [6.45, 7) is 2.20. The lowest BCUT2D eigenvalue weighted by Gasteiger charge is -2.28. The van der Waals surface area contributed by atoms with Gasteiger partial charge in [-0.1, -0.05) is 23.2 Å². The van der Waals surface area contributed by atoms with Gasteiger partial charge in [0, 0.05) is 40.2 Å². The molecule has 1 saturated heterocycles. The monoisotopic (exact) mass is 363 g/mol. The van der Waals surface area contributed by atoms with E-state index in [9.17, 15) is 4.79 Å². The Morgan fingerprint density at radius 1 is 0.833 bits per heavy atom. The summed E-state index contributed by atoms with van der Waals surface area (Å²) in [6.07, 6.45) is 3.79. The number of halogens is 2. The van der Waals surface area contributed by atoms with Gasteiger partial charge in [-0.3, -0.25) is 0 Å². The van der Waals surface area contributed by atoms with Crippen molar-refractivity contribution in [2.24, 2.45) is 0 Å².